The number of carbonyl (C=O) groups is 1. The zero-order valence-corrected chi connectivity index (χ0v) is 19.6. The topological polar surface area (TPSA) is 78.0 Å². The summed E-state index contributed by atoms with van der Waals surface area (Å²) in [6, 6.07) is 9.86. The van der Waals surface area contributed by atoms with Crippen molar-refractivity contribution in [3.8, 4) is 11.9 Å². The number of rotatable bonds is 6. The number of Topliss-reactive ketones (excluding diaryl/α,β-unsaturated/α-hetero) is 1. The molecule has 0 bridgehead atoms. The van der Waals surface area contributed by atoms with E-state index in [0.717, 1.165) is 13.1 Å². The van der Waals surface area contributed by atoms with Crippen LogP contribution in [0.5, 0.6) is 0 Å². The fraction of sp³-hybridized carbons (Fsp3) is 0.304. The number of piperazine rings is 1. The van der Waals surface area contributed by atoms with Crippen LogP contribution in [0.2, 0.25) is 5.02 Å². The van der Waals surface area contributed by atoms with E-state index in [-0.39, 0.29) is 18.2 Å². The minimum absolute atomic E-state index is 0. The number of benzene rings is 1. The molecule has 1 aromatic carbocycles. The van der Waals surface area contributed by atoms with Gasteiger partial charge < -0.3 is 4.90 Å². The number of anilines is 1. The number of ketones is 1. The molecule has 1 fully saturated rings. The van der Waals surface area contributed by atoms with Crippen LogP contribution in [0.15, 0.2) is 42.7 Å². The first-order valence-electron chi connectivity index (χ1n) is 10.3. The Labute approximate surface area is 202 Å². The molecule has 2 aromatic heterocycles. The van der Waals surface area contributed by atoms with Gasteiger partial charge in [0.25, 0.3) is 0 Å². The van der Waals surface area contributed by atoms with E-state index in [1.807, 2.05) is 13.0 Å². The van der Waals surface area contributed by atoms with E-state index < -0.39 is 5.82 Å². The number of hydrogen-bond acceptors (Lipinski definition) is 6. The SMILES string of the molecule is Cc1c(C(=O)CCN2CCN(c3cc(F)cc(C#N)c3)CC2)cnn1-c1ncccc1Cl.Cl. The highest BCUT2D eigenvalue weighted by Gasteiger charge is 2.21. The van der Waals surface area contributed by atoms with Crippen LogP contribution in [0.3, 0.4) is 0 Å². The van der Waals surface area contributed by atoms with Crippen molar-refractivity contribution in [2.75, 3.05) is 37.6 Å². The number of hydrogen-bond donors (Lipinski definition) is 0. The number of halogens is 3. The van der Waals surface area contributed by atoms with Crippen LogP contribution in [0.4, 0.5) is 10.1 Å². The average molecular weight is 489 g/mol. The number of carbonyl (C=O) groups excluding carboxylic acids is 1. The molecule has 0 aliphatic carbocycles. The lowest BCUT2D eigenvalue weighted by Crippen LogP contribution is -2.47. The summed E-state index contributed by atoms with van der Waals surface area (Å²) in [5, 5.41) is 13.8. The molecule has 0 saturated carbocycles. The Morgan fingerprint density at radius 1 is 1.24 bits per heavy atom. The third-order valence-corrected chi connectivity index (χ3v) is 5.95. The minimum Gasteiger partial charge on any atom is -0.369 e. The predicted octanol–water partition coefficient (Wildman–Crippen LogP) is 4.06. The van der Waals surface area contributed by atoms with Gasteiger partial charge in [0.15, 0.2) is 11.6 Å². The normalized spacial score (nSPS) is 13.9. The Kier molecular flexibility index (Phi) is 8.03. The van der Waals surface area contributed by atoms with Crippen LogP contribution in [-0.4, -0.2) is 58.2 Å². The second-order valence-corrected chi connectivity index (χ2v) is 8.08. The van der Waals surface area contributed by atoms with Crippen LogP contribution in [0, 0.1) is 24.1 Å². The second-order valence-electron chi connectivity index (χ2n) is 7.68. The van der Waals surface area contributed by atoms with Crippen molar-refractivity contribution >= 4 is 35.5 Å². The van der Waals surface area contributed by atoms with Crippen molar-refractivity contribution in [3.63, 3.8) is 0 Å². The van der Waals surface area contributed by atoms with Crippen molar-refractivity contribution < 1.29 is 9.18 Å². The Hall–Kier alpha value is -2.99. The van der Waals surface area contributed by atoms with E-state index in [4.69, 9.17) is 16.9 Å². The Balaban J connectivity index is 0.00000306. The fourth-order valence-electron chi connectivity index (χ4n) is 3.88. The first-order valence-corrected chi connectivity index (χ1v) is 10.7. The molecule has 0 atom stereocenters. The smallest absolute Gasteiger partial charge is 0.172 e. The van der Waals surface area contributed by atoms with Crippen LogP contribution in [-0.2, 0) is 0 Å². The highest BCUT2D eigenvalue weighted by atomic mass is 35.5. The maximum Gasteiger partial charge on any atom is 0.172 e. The number of nitrogens with zero attached hydrogens (tertiary/aromatic N) is 6. The first-order chi connectivity index (χ1) is 15.5. The molecule has 0 N–H and O–H groups in total. The molecule has 0 unspecified atom stereocenters. The van der Waals surface area contributed by atoms with E-state index >= 15 is 0 Å². The maximum atomic E-state index is 13.7. The van der Waals surface area contributed by atoms with Gasteiger partial charge >= 0.3 is 0 Å². The van der Waals surface area contributed by atoms with Crippen LogP contribution < -0.4 is 4.90 Å². The van der Waals surface area contributed by atoms with Gasteiger partial charge in [0.2, 0.25) is 0 Å². The van der Waals surface area contributed by atoms with Gasteiger partial charge in [-0.2, -0.15) is 10.4 Å². The highest BCUT2D eigenvalue weighted by Crippen LogP contribution is 2.22. The number of pyridine rings is 1. The molecule has 3 aromatic rings. The summed E-state index contributed by atoms with van der Waals surface area (Å²) < 4.78 is 15.3. The second kappa shape index (κ2) is 10.8. The standard InChI is InChI=1S/C23H22ClFN6O.ClH/c1-16-20(15-28-31(16)23-21(24)3-2-5-27-23)22(32)4-6-29-7-9-30(10-8-29)19-12-17(14-26)11-18(25)13-19;/h2-3,5,11-13,15H,4,6-10H2,1H3;1H. The van der Waals surface area contributed by atoms with Crippen molar-refractivity contribution in [2.24, 2.45) is 0 Å². The largest absolute Gasteiger partial charge is 0.369 e. The quantitative estimate of drug-likeness (QED) is 0.486. The Morgan fingerprint density at radius 2 is 2.00 bits per heavy atom. The Bertz CT molecular complexity index is 1180. The molecule has 7 nitrogen and oxygen atoms in total. The van der Waals surface area contributed by atoms with Crippen molar-refractivity contribution in [2.45, 2.75) is 13.3 Å². The third-order valence-electron chi connectivity index (χ3n) is 5.65. The molecule has 1 aliphatic heterocycles. The van der Waals surface area contributed by atoms with Gasteiger partial charge in [-0.1, -0.05) is 11.6 Å². The maximum absolute atomic E-state index is 13.7. The average Bonchev–Trinajstić information content (AvgIpc) is 3.18. The predicted molar refractivity (Wildman–Crippen MR) is 127 cm³/mol. The molecule has 0 radical (unpaired) electrons. The fourth-order valence-corrected chi connectivity index (χ4v) is 4.08. The molecule has 1 aliphatic rings. The summed E-state index contributed by atoms with van der Waals surface area (Å²) in [4.78, 5) is 21.3. The van der Waals surface area contributed by atoms with Crippen molar-refractivity contribution in [3.05, 3.63) is 70.4 Å². The molecule has 3 heterocycles. The zero-order chi connectivity index (χ0) is 22.7. The monoisotopic (exact) mass is 488 g/mol. The van der Waals surface area contributed by atoms with Crippen molar-refractivity contribution in [1.82, 2.24) is 19.7 Å². The summed E-state index contributed by atoms with van der Waals surface area (Å²) in [7, 11) is 0. The van der Waals surface area contributed by atoms with Crippen LogP contribution >= 0.6 is 24.0 Å². The van der Waals surface area contributed by atoms with Gasteiger partial charge in [0.1, 0.15) is 5.82 Å². The van der Waals surface area contributed by atoms with Crippen LogP contribution in [0.1, 0.15) is 28.0 Å². The van der Waals surface area contributed by atoms with E-state index in [2.05, 4.69) is 19.9 Å². The molecule has 10 heteroatoms. The van der Waals surface area contributed by atoms with Gasteiger partial charge in [-0.25, -0.2) is 14.1 Å². The summed E-state index contributed by atoms with van der Waals surface area (Å²) in [6.45, 7) is 5.39. The highest BCUT2D eigenvalue weighted by molar-refractivity contribution is 6.32. The minimum atomic E-state index is -0.407. The molecule has 4 rings (SSSR count). The van der Waals surface area contributed by atoms with Gasteiger partial charge in [-0.3, -0.25) is 9.69 Å². The number of nitriles is 1. The molecule has 0 spiro atoms. The van der Waals surface area contributed by atoms with E-state index in [0.29, 0.717) is 59.4 Å². The van der Waals surface area contributed by atoms with Gasteiger partial charge in [0, 0.05) is 51.0 Å². The summed E-state index contributed by atoms with van der Waals surface area (Å²) in [6.07, 6.45) is 3.58. The third kappa shape index (κ3) is 5.50. The summed E-state index contributed by atoms with van der Waals surface area (Å²) in [5.74, 6) is 0.112. The van der Waals surface area contributed by atoms with Gasteiger partial charge in [-0.15, -0.1) is 12.4 Å². The van der Waals surface area contributed by atoms with Gasteiger partial charge in [0.05, 0.1) is 34.1 Å². The number of aromatic nitrogens is 3. The van der Waals surface area contributed by atoms with Crippen LogP contribution in [0.25, 0.3) is 5.82 Å². The molecule has 1 saturated heterocycles. The van der Waals surface area contributed by atoms with E-state index in [1.54, 1.807) is 35.3 Å². The molecule has 0 amide bonds. The molecular weight excluding hydrogens is 466 g/mol. The Morgan fingerprint density at radius 3 is 2.70 bits per heavy atom. The zero-order valence-electron chi connectivity index (χ0n) is 18.0. The van der Waals surface area contributed by atoms with Crippen molar-refractivity contribution in [1.29, 1.82) is 5.26 Å². The first kappa shape index (κ1) is 24.6. The summed E-state index contributed by atoms with van der Waals surface area (Å²) >= 11 is 6.21. The van der Waals surface area contributed by atoms with E-state index in [1.165, 1.54) is 12.1 Å². The molecule has 172 valence electrons. The molecule has 33 heavy (non-hydrogen) atoms. The lowest BCUT2D eigenvalue weighted by atomic mass is 10.1. The lowest BCUT2D eigenvalue weighted by molar-refractivity contribution is 0.0962. The summed E-state index contributed by atoms with van der Waals surface area (Å²) in [5.41, 5.74) is 2.30. The van der Waals surface area contributed by atoms with E-state index in [9.17, 15) is 9.18 Å². The van der Waals surface area contributed by atoms with Gasteiger partial charge in [-0.05, 0) is 37.3 Å². The molecular formula is C23H23Cl2FN6O. The lowest BCUT2D eigenvalue weighted by Gasteiger charge is -2.36.